The minimum absolute atomic E-state index is 0.0581. The molecule has 1 aromatic carbocycles. The van der Waals surface area contributed by atoms with Crippen molar-refractivity contribution in [1.29, 1.82) is 0 Å². The van der Waals surface area contributed by atoms with Crippen molar-refractivity contribution in [3.63, 3.8) is 0 Å². The van der Waals surface area contributed by atoms with E-state index in [4.69, 9.17) is 5.11 Å². The minimum atomic E-state index is -3.70. The number of carbonyl (C=O) groups is 1. The molecule has 2 N–H and O–H groups in total. The van der Waals surface area contributed by atoms with Gasteiger partial charge in [0.2, 0.25) is 10.0 Å². The Morgan fingerprint density at radius 1 is 1.45 bits per heavy atom. The molecule has 0 radical (unpaired) electrons. The van der Waals surface area contributed by atoms with Crippen LogP contribution in [0.2, 0.25) is 0 Å². The highest BCUT2D eigenvalue weighted by Crippen LogP contribution is 2.20. The first-order chi connectivity index (χ1) is 9.27. The van der Waals surface area contributed by atoms with Crippen molar-refractivity contribution in [2.24, 2.45) is 0 Å². The average Bonchev–Trinajstić information content (AvgIpc) is 2.38. The van der Waals surface area contributed by atoms with Crippen molar-refractivity contribution in [2.75, 3.05) is 26.7 Å². The van der Waals surface area contributed by atoms with Crippen LogP contribution in [0.15, 0.2) is 27.6 Å². The van der Waals surface area contributed by atoms with Crippen LogP contribution in [0.1, 0.15) is 17.3 Å². The summed E-state index contributed by atoms with van der Waals surface area (Å²) in [6.45, 7) is 3.65. The summed E-state index contributed by atoms with van der Waals surface area (Å²) in [4.78, 5) is 12.9. The number of nitrogens with zero attached hydrogens (tertiary/aromatic N) is 1. The van der Waals surface area contributed by atoms with Gasteiger partial charge in [-0.05, 0) is 47.7 Å². The number of halogens is 1. The summed E-state index contributed by atoms with van der Waals surface area (Å²) in [6, 6.07) is 3.91. The van der Waals surface area contributed by atoms with Crippen LogP contribution in [0, 0.1) is 0 Å². The molecule has 0 aliphatic carbocycles. The van der Waals surface area contributed by atoms with Crippen LogP contribution in [0.5, 0.6) is 0 Å². The molecule has 0 unspecified atom stereocenters. The number of likely N-dealkylation sites (N-methyl/N-ethyl adjacent to an activating group) is 1. The third-order valence-electron chi connectivity index (χ3n) is 2.80. The first-order valence-electron chi connectivity index (χ1n) is 5.99. The Bertz CT molecular complexity index is 589. The van der Waals surface area contributed by atoms with Gasteiger partial charge in [-0.3, -0.25) is 0 Å². The molecule has 112 valence electrons. The Labute approximate surface area is 127 Å². The lowest BCUT2D eigenvalue weighted by molar-refractivity contribution is 0.0695. The zero-order chi connectivity index (χ0) is 15.3. The van der Waals surface area contributed by atoms with Gasteiger partial charge in [-0.2, -0.15) is 0 Å². The van der Waals surface area contributed by atoms with Crippen LogP contribution < -0.4 is 4.72 Å². The van der Waals surface area contributed by atoms with E-state index in [1.807, 2.05) is 18.9 Å². The summed E-state index contributed by atoms with van der Waals surface area (Å²) >= 11 is 3.08. The van der Waals surface area contributed by atoms with E-state index in [1.54, 1.807) is 0 Å². The van der Waals surface area contributed by atoms with E-state index in [-0.39, 0.29) is 17.0 Å². The van der Waals surface area contributed by atoms with Crippen LogP contribution in [-0.4, -0.2) is 51.1 Å². The number of carboxylic acid groups (broad SMARTS) is 1. The second kappa shape index (κ2) is 7.16. The van der Waals surface area contributed by atoms with E-state index in [0.717, 1.165) is 12.6 Å². The fourth-order valence-electron chi connectivity index (χ4n) is 1.45. The van der Waals surface area contributed by atoms with Gasteiger partial charge in [0.1, 0.15) is 0 Å². The average molecular weight is 365 g/mol. The molecule has 0 atom stereocenters. The maximum atomic E-state index is 12.1. The number of hydrogen-bond donors (Lipinski definition) is 2. The third-order valence-corrected chi connectivity index (χ3v) is 4.95. The van der Waals surface area contributed by atoms with E-state index in [1.165, 1.54) is 12.1 Å². The zero-order valence-electron chi connectivity index (χ0n) is 11.3. The van der Waals surface area contributed by atoms with Crippen molar-refractivity contribution in [3.8, 4) is 0 Å². The van der Waals surface area contributed by atoms with E-state index < -0.39 is 16.0 Å². The van der Waals surface area contributed by atoms with Gasteiger partial charge in [0.15, 0.2) is 0 Å². The first kappa shape index (κ1) is 17.1. The van der Waals surface area contributed by atoms with E-state index >= 15 is 0 Å². The summed E-state index contributed by atoms with van der Waals surface area (Å²) < 4.78 is 26.9. The number of nitrogens with one attached hydrogen (secondary N) is 1. The number of carboxylic acids is 1. The van der Waals surface area contributed by atoms with Crippen molar-refractivity contribution >= 4 is 31.9 Å². The molecular weight excluding hydrogens is 348 g/mol. The second-order valence-electron chi connectivity index (χ2n) is 4.24. The van der Waals surface area contributed by atoms with Crippen molar-refractivity contribution < 1.29 is 18.3 Å². The van der Waals surface area contributed by atoms with Crippen LogP contribution in [0.3, 0.4) is 0 Å². The number of benzene rings is 1. The van der Waals surface area contributed by atoms with Gasteiger partial charge in [-0.1, -0.05) is 6.92 Å². The lowest BCUT2D eigenvalue weighted by Gasteiger charge is -2.14. The Morgan fingerprint density at radius 3 is 2.65 bits per heavy atom. The number of aromatic carboxylic acids is 1. The summed E-state index contributed by atoms with van der Waals surface area (Å²) in [5.41, 5.74) is -0.0847. The third kappa shape index (κ3) is 4.55. The van der Waals surface area contributed by atoms with Crippen LogP contribution in [0.4, 0.5) is 0 Å². The van der Waals surface area contributed by atoms with Crippen LogP contribution in [-0.2, 0) is 10.0 Å². The molecule has 0 spiro atoms. The zero-order valence-corrected chi connectivity index (χ0v) is 13.7. The normalized spacial score (nSPS) is 11.8. The maximum absolute atomic E-state index is 12.1. The number of rotatable bonds is 7. The molecule has 1 rings (SSSR count). The molecule has 0 saturated carbocycles. The van der Waals surface area contributed by atoms with E-state index in [2.05, 4.69) is 20.7 Å². The lowest BCUT2D eigenvalue weighted by Crippen LogP contribution is -2.33. The molecule has 6 nitrogen and oxygen atoms in total. The molecule has 0 aromatic heterocycles. The molecular formula is C12H17BrN2O4S. The highest BCUT2D eigenvalue weighted by Gasteiger charge is 2.17. The lowest BCUT2D eigenvalue weighted by atomic mass is 10.2. The molecule has 8 heteroatoms. The number of sulfonamides is 1. The topological polar surface area (TPSA) is 86.7 Å². The molecule has 20 heavy (non-hydrogen) atoms. The van der Waals surface area contributed by atoms with Gasteiger partial charge in [0, 0.05) is 17.6 Å². The Balaban J connectivity index is 2.88. The SMILES string of the molecule is CCN(C)CCNS(=O)(=O)c1ccc(Br)c(C(=O)O)c1. The van der Waals surface area contributed by atoms with Gasteiger partial charge in [-0.15, -0.1) is 0 Å². The Kier molecular flexibility index (Phi) is 6.12. The summed E-state index contributed by atoms with van der Waals surface area (Å²) in [6.07, 6.45) is 0. The predicted molar refractivity (Wildman–Crippen MR) is 79.5 cm³/mol. The fourth-order valence-corrected chi connectivity index (χ4v) is 2.91. The fraction of sp³-hybridized carbons (Fsp3) is 0.417. The minimum Gasteiger partial charge on any atom is -0.478 e. The molecule has 1 aromatic rings. The molecule has 0 saturated heterocycles. The van der Waals surface area contributed by atoms with Gasteiger partial charge < -0.3 is 10.0 Å². The van der Waals surface area contributed by atoms with Gasteiger partial charge in [-0.25, -0.2) is 17.9 Å². The van der Waals surface area contributed by atoms with E-state index in [0.29, 0.717) is 11.0 Å². The maximum Gasteiger partial charge on any atom is 0.336 e. The van der Waals surface area contributed by atoms with Crippen molar-refractivity contribution in [1.82, 2.24) is 9.62 Å². The van der Waals surface area contributed by atoms with Gasteiger partial charge in [0.05, 0.1) is 10.5 Å². The van der Waals surface area contributed by atoms with Crippen LogP contribution >= 0.6 is 15.9 Å². The summed E-state index contributed by atoms with van der Waals surface area (Å²) in [5.74, 6) is -1.18. The molecule has 0 aliphatic heterocycles. The summed E-state index contributed by atoms with van der Waals surface area (Å²) in [7, 11) is -1.81. The van der Waals surface area contributed by atoms with Crippen LogP contribution in [0.25, 0.3) is 0 Å². The molecule has 0 amide bonds. The summed E-state index contributed by atoms with van der Waals surface area (Å²) in [5, 5.41) is 8.98. The first-order valence-corrected chi connectivity index (χ1v) is 8.26. The standard InChI is InChI=1S/C12H17BrN2O4S/c1-3-15(2)7-6-14-20(18,19)9-4-5-11(13)10(8-9)12(16)17/h4-5,8,14H,3,6-7H2,1-2H3,(H,16,17). The van der Waals surface area contributed by atoms with Crippen molar-refractivity contribution in [2.45, 2.75) is 11.8 Å². The van der Waals surface area contributed by atoms with Gasteiger partial charge >= 0.3 is 5.97 Å². The second-order valence-corrected chi connectivity index (χ2v) is 6.86. The largest absolute Gasteiger partial charge is 0.478 e. The Morgan fingerprint density at radius 2 is 2.10 bits per heavy atom. The van der Waals surface area contributed by atoms with Gasteiger partial charge in [0.25, 0.3) is 0 Å². The molecule has 0 heterocycles. The van der Waals surface area contributed by atoms with Crippen molar-refractivity contribution in [3.05, 3.63) is 28.2 Å². The predicted octanol–water partition coefficient (Wildman–Crippen LogP) is 1.38. The smallest absolute Gasteiger partial charge is 0.336 e. The highest BCUT2D eigenvalue weighted by molar-refractivity contribution is 9.10. The number of hydrogen-bond acceptors (Lipinski definition) is 4. The Hall–Kier alpha value is -0.960. The molecule has 0 bridgehead atoms. The molecule has 0 aliphatic rings. The molecule has 0 fully saturated rings. The highest BCUT2D eigenvalue weighted by atomic mass is 79.9. The van der Waals surface area contributed by atoms with E-state index in [9.17, 15) is 13.2 Å². The monoisotopic (exact) mass is 364 g/mol. The quantitative estimate of drug-likeness (QED) is 0.762.